The van der Waals surface area contributed by atoms with Crippen LogP contribution in [-0.4, -0.2) is 20.8 Å². The fraction of sp³-hybridized carbons (Fsp3) is 0.115. The molecule has 8 heteroatoms. The molecule has 0 fully saturated rings. The molecule has 2 amide bonds. The van der Waals surface area contributed by atoms with Crippen molar-refractivity contribution in [1.29, 1.82) is 0 Å². The Hall–Kier alpha value is -3.61. The summed E-state index contributed by atoms with van der Waals surface area (Å²) in [6.07, 6.45) is 3.64. The SMILES string of the molecule is Cc1cccc(C)c1NC(=O)Nc1ccc(-c2nnc(/C=C/c3c(Cl)cccc3Cl)n2C)cc1. The first-order chi connectivity index (χ1) is 16.3. The number of aromatic nitrogens is 3. The largest absolute Gasteiger partial charge is 0.323 e. The van der Waals surface area contributed by atoms with Crippen LogP contribution >= 0.6 is 23.2 Å². The quantitative estimate of drug-likeness (QED) is 0.309. The molecule has 0 aliphatic rings. The van der Waals surface area contributed by atoms with Gasteiger partial charge in [0.2, 0.25) is 0 Å². The molecule has 6 nitrogen and oxygen atoms in total. The van der Waals surface area contributed by atoms with E-state index in [2.05, 4.69) is 20.8 Å². The van der Waals surface area contributed by atoms with E-state index in [9.17, 15) is 4.79 Å². The molecular formula is C26H23Cl2N5O. The Morgan fingerprint density at radius 2 is 1.47 bits per heavy atom. The van der Waals surface area contributed by atoms with Gasteiger partial charge in [-0.05, 0) is 73.5 Å². The van der Waals surface area contributed by atoms with Crippen LogP contribution < -0.4 is 10.6 Å². The molecule has 0 unspecified atom stereocenters. The summed E-state index contributed by atoms with van der Waals surface area (Å²) in [7, 11) is 1.88. The van der Waals surface area contributed by atoms with E-state index >= 15 is 0 Å². The molecule has 4 rings (SSSR count). The van der Waals surface area contributed by atoms with Crippen LogP contribution in [0, 0.1) is 13.8 Å². The number of nitrogens with zero attached hydrogens (tertiary/aromatic N) is 3. The third-order valence-electron chi connectivity index (χ3n) is 5.43. The Morgan fingerprint density at radius 3 is 2.12 bits per heavy atom. The van der Waals surface area contributed by atoms with Gasteiger partial charge < -0.3 is 15.2 Å². The van der Waals surface area contributed by atoms with E-state index in [-0.39, 0.29) is 6.03 Å². The standard InChI is InChI=1S/C26H23Cl2N5O/c1-16-6-4-7-17(2)24(16)30-26(34)29-19-12-10-18(11-13-19)25-32-31-23(33(25)3)15-14-20-21(27)8-5-9-22(20)28/h4-15H,1-3H3,(H2,29,30,34)/b15-14+. The second-order valence-electron chi connectivity index (χ2n) is 7.83. The van der Waals surface area contributed by atoms with E-state index in [4.69, 9.17) is 23.2 Å². The highest BCUT2D eigenvalue weighted by Crippen LogP contribution is 2.27. The lowest BCUT2D eigenvalue weighted by Crippen LogP contribution is -2.20. The summed E-state index contributed by atoms with van der Waals surface area (Å²) in [6, 6.07) is 18.4. The van der Waals surface area contributed by atoms with Crippen molar-refractivity contribution in [3.8, 4) is 11.4 Å². The van der Waals surface area contributed by atoms with Crippen molar-refractivity contribution in [3.05, 3.63) is 93.2 Å². The molecular weight excluding hydrogens is 469 g/mol. The number of carbonyl (C=O) groups excluding carboxylic acids is 1. The smallest absolute Gasteiger partial charge is 0.311 e. The highest BCUT2D eigenvalue weighted by molar-refractivity contribution is 6.37. The molecule has 2 N–H and O–H groups in total. The molecule has 0 spiro atoms. The number of carbonyl (C=O) groups is 1. The molecule has 0 saturated heterocycles. The second kappa shape index (κ2) is 10.1. The molecule has 0 aliphatic carbocycles. The van der Waals surface area contributed by atoms with E-state index < -0.39 is 0 Å². The first-order valence-electron chi connectivity index (χ1n) is 10.6. The number of urea groups is 1. The molecule has 1 aromatic heterocycles. The van der Waals surface area contributed by atoms with E-state index in [0.29, 0.717) is 27.4 Å². The summed E-state index contributed by atoms with van der Waals surface area (Å²) < 4.78 is 1.87. The number of hydrogen-bond donors (Lipinski definition) is 2. The van der Waals surface area contributed by atoms with Gasteiger partial charge in [-0.25, -0.2) is 4.79 Å². The van der Waals surface area contributed by atoms with E-state index in [0.717, 1.165) is 27.9 Å². The second-order valence-corrected chi connectivity index (χ2v) is 8.65. The number of halogens is 2. The Morgan fingerprint density at radius 1 is 0.853 bits per heavy atom. The van der Waals surface area contributed by atoms with E-state index in [1.165, 1.54) is 0 Å². The van der Waals surface area contributed by atoms with E-state index in [1.807, 2.05) is 80.1 Å². The fourth-order valence-electron chi connectivity index (χ4n) is 3.56. The summed E-state index contributed by atoms with van der Waals surface area (Å²) >= 11 is 12.5. The first-order valence-corrected chi connectivity index (χ1v) is 11.3. The van der Waals surface area contributed by atoms with Crippen LogP contribution in [-0.2, 0) is 7.05 Å². The maximum absolute atomic E-state index is 12.5. The molecule has 0 bridgehead atoms. The van der Waals surface area contributed by atoms with Gasteiger partial charge >= 0.3 is 6.03 Å². The molecule has 3 aromatic carbocycles. The number of aryl methyl sites for hydroxylation is 2. The highest BCUT2D eigenvalue weighted by atomic mass is 35.5. The average molecular weight is 492 g/mol. The fourth-order valence-corrected chi connectivity index (χ4v) is 4.08. The van der Waals surface area contributed by atoms with Crippen molar-refractivity contribution < 1.29 is 4.79 Å². The van der Waals surface area contributed by atoms with Crippen molar-refractivity contribution in [2.24, 2.45) is 7.05 Å². The Labute approximate surface area is 208 Å². The first kappa shape index (κ1) is 23.5. The average Bonchev–Trinajstić information content (AvgIpc) is 3.17. The van der Waals surface area contributed by atoms with Crippen LogP contribution in [0.2, 0.25) is 10.0 Å². The lowest BCUT2D eigenvalue weighted by atomic mass is 10.1. The van der Waals surface area contributed by atoms with Gasteiger partial charge in [0, 0.05) is 39.6 Å². The number of benzene rings is 3. The van der Waals surface area contributed by atoms with Gasteiger partial charge in [-0.1, -0.05) is 47.5 Å². The third kappa shape index (κ3) is 5.14. The topological polar surface area (TPSA) is 71.8 Å². The summed E-state index contributed by atoms with van der Waals surface area (Å²) in [5, 5.41) is 15.5. The van der Waals surface area contributed by atoms with Crippen molar-refractivity contribution >= 4 is 52.8 Å². The lowest BCUT2D eigenvalue weighted by Gasteiger charge is -2.12. The monoisotopic (exact) mass is 491 g/mol. The molecule has 0 atom stereocenters. The zero-order chi connectivity index (χ0) is 24.2. The predicted molar refractivity (Wildman–Crippen MR) is 140 cm³/mol. The van der Waals surface area contributed by atoms with Gasteiger partial charge in [-0.2, -0.15) is 0 Å². The van der Waals surface area contributed by atoms with Crippen LogP contribution in [0.15, 0.2) is 60.7 Å². The van der Waals surface area contributed by atoms with Crippen molar-refractivity contribution in [2.45, 2.75) is 13.8 Å². The van der Waals surface area contributed by atoms with E-state index in [1.54, 1.807) is 18.2 Å². The van der Waals surface area contributed by atoms with Crippen LogP contribution in [0.5, 0.6) is 0 Å². The number of hydrogen-bond acceptors (Lipinski definition) is 3. The van der Waals surface area contributed by atoms with Crippen LogP contribution in [0.3, 0.4) is 0 Å². The Balaban J connectivity index is 1.47. The lowest BCUT2D eigenvalue weighted by molar-refractivity contribution is 0.262. The van der Waals surface area contributed by atoms with Crippen molar-refractivity contribution in [1.82, 2.24) is 14.8 Å². The predicted octanol–water partition coefficient (Wildman–Crippen LogP) is 7.22. The molecule has 0 saturated carbocycles. The Kier molecular flexibility index (Phi) is 7.01. The minimum Gasteiger partial charge on any atom is -0.311 e. The van der Waals surface area contributed by atoms with Gasteiger partial charge in [-0.3, -0.25) is 0 Å². The minimum atomic E-state index is -0.297. The maximum atomic E-state index is 12.5. The van der Waals surface area contributed by atoms with Crippen LogP contribution in [0.1, 0.15) is 22.5 Å². The molecule has 34 heavy (non-hydrogen) atoms. The summed E-state index contributed by atoms with van der Waals surface area (Å²) in [6.45, 7) is 3.93. The number of rotatable bonds is 5. The molecule has 0 radical (unpaired) electrons. The van der Waals surface area contributed by atoms with Gasteiger partial charge in [-0.15, -0.1) is 10.2 Å². The van der Waals surface area contributed by atoms with Gasteiger partial charge in [0.1, 0.15) is 0 Å². The third-order valence-corrected chi connectivity index (χ3v) is 6.09. The maximum Gasteiger partial charge on any atom is 0.323 e. The number of para-hydroxylation sites is 1. The van der Waals surface area contributed by atoms with Gasteiger partial charge in [0.05, 0.1) is 0 Å². The summed E-state index contributed by atoms with van der Waals surface area (Å²) in [4.78, 5) is 12.5. The summed E-state index contributed by atoms with van der Waals surface area (Å²) in [5.74, 6) is 1.35. The zero-order valence-corrected chi connectivity index (χ0v) is 20.4. The number of amides is 2. The Bertz CT molecular complexity index is 1340. The normalized spacial score (nSPS) is 11.1. The molecule has 0 aliphatic heterocycles. The van der Waals surface area contributed by atoms with Gasteiger partial charge in [0.25, 0.3) is 0 Å². The highest BCUT2D eigenvalue weighted by Gasteiger charge is 2.11. The number of nitrogens with one attached hydrogen (secondary N) is 2. The number of anilines is 2. The minimum absolute atomic E-state index is 0.297. The van der Waals surface area contributed by atoms with Crippen molar-refractivity contribution in [2.75, 3.05) is 10.6 Å². The zero-order valence-electron chi connectivity index (χ0n) is 18.9. The molecule has 172 valence electrons. The molecule has 1 heterocycles. The van der Waals surface area contributed by atoms with Gasteiger partial charge in [0.15, 0.2) is 11.6 Å². The van der Waals surface area contributed by atoms with Crippen LogP contribution in [0.25, 0.3) is 23.5 Å². The van der Waals surface area contributed by atoms with Crippen LogP contribution in [0.4, 0.5) is 16.2 Å². The summed E-state index contributed by atoms with van der Waals surface area (Å²) in [5.41, 5.74) is 5.09. The van der Waals surface area contributed by atoms with Crippen molar-refractivity contribution in [3.63, 3.8) is 0 Å². The molecule has 4 aromatic rings.